The van der Waals surface area contributed by atoms with Crippen molar-refractivity contribution >= 4 is 27.4 Å². The van der Waals surface area contributed by atoms with E-state index in [9.17, 15) is 8.42 Å². The van der Waals surface area contributed by atoms with Gasteiger partial charge in [-0.25, -0.2) is 22.7 Å². The van der Waals surface area contributed by atoms with E-state index in [0.717, 1.165) is 5.56 Å². The first-order valence-electron chi connectivity index (χ1n) is 6.09. The standard InChI is InChI=1S/C13H12ClN3O2S/c1-9-2-4-10(5-3-9)20(18,19)17-7-6-11-12(14)15-8-16-13(11)17/h2-5,8H,6-7H2,1H3. The predicted octanol–water partition coefficient (Wildman–Crippen LogP) is 2.19. The van der Waals surface area contributed by atoms with Gasteiger partial charge >= 0.3 is 0 Å². The number of sulfonamides is 1. The van der Waals surface area contributed by atoms with Crippen LogP contribution in [0.2, 0.25) is 5.15 Å². The molecule has 0 unspecified atom stereocenters. The molecule has 0 spiro atoms. The Morgan fingerprint density at radius 3 is 2.60 bits per heavy atom. The first-order valence-corrected chi connectivity index (χ1v) is 7.91. The van der Waals surface area contributed by atoms with Crippen molar-refractivity contribution in [2.75, 3.05) is 10.8 Å². The van der Waals surface area contributed by atoms with Gasteiger partial charge in [-0.3, -0.25) is 0 Å². The normalized spacial score (nSPS) is 14.4. The van der Waals surface area contributed by atoms with E-state index in [2.05, 4.69) is 9.97 Å². The third kappa shape index (κ3) is 2.05. The number of hydrogen-bond acceptors (Lipinski definition) is 4. The average Bonchev–Trinajstić information content (AvgIpc) is 2.85. The van der Waals surface area contributed by atoms with Gasteiger partial charge in [-0.05, 0) is 25.5 Å². The van der Waals surface area contributed by atoms with E-state index in [-0.39, 0.29) is 4.90 Å². The second-order valence-electron chi connectivity index (χ2n) is 4.61. The van der Waals surface area contributed by atoms with Crippen LogP contribution in [0.3, 0.4) is 0 Å². The Bertz CT molecular complexity index is 760. The highest BCUT2D eigenvalue weighted by atomic mass is 35.5. The second kappa shape index (κ2) is 4.71. The maximum Gasteiger partial charge on any atom is 0.265 e. The lowest BCUT2D eigenvalue weighted by molar-refractivity contribution is 0.592. The molecular weight excluding hydrogens is 298 g/mol. The minimum atomic E-state index is -3.60. The topological polar surface area (TPSA) is 63.2 Å². The predicted molar refractivity (Wildman–Crippen MR) is 76.5 cm³/mol. The number of benzene rings is 1. The van der Waals surface area contributed by atoms with Gasteiger partial charge in [0.25, 0.3) is 10.0 Å². The Labute approximate surface area is 122 Å². The van der Waals surface area contributed by atoms with E-state index in [0.29, 0.717) is 29.5 Å². The van der Waals surface area contributed by atoms with Crippen LogP contribution in [0.4, 0.5) is 5.82 Å². The SMILES string of the molecule is Cc1ccc(S(=O)(=O)N2CCc3c(Cl)ncnc32)cc1. The molecule has 2 aromatic rings. The maximum absolute atomic E-state index is 12.6. The summed E-state index contributed by atoms with van der Waals surface area (Å²) in [6.45, 7) is 2.25. The number of aromatic nitrogens is 2. The minimum absolute atomic E-state index is 0.255. The lowest BCUT2D eigenvalue weighted by atomic mass is 10.2. The van der Waals surface area contributed by atoms with Gasteiger partial charge in [0.2, 0.25) is 0 Å². The number of anilines is 1. The molecule has 2 heterocycles. The molecule has 1 aliphatic rings. The second-order valence-corrected chi connectivity index (χ2v) is 6.83. The molecule has 5 nitrogen and oxygen atoms in total. The molecule has 20 heavy (non-hydrogen) atoms. The first-order chi connectivity index (χ1) is 9.50. The number of rotatable bonds is 2. The third-order valence-electron chi connectivity index (χ3n) is 3.28. The Balaban J connectivity index is 2.07. The molecular formula is C13H12ClN3O2S. The number of fused-ring (bicyclic) bond motifs is 1. The van der Waals surface area contributed by atoms with E-state index in [1.807, 2.05) is 6.92 Å². The molecule has 104 valence electrons. The molecule has 0 saturated carbocycles. The van der Waals surface area contributed by atoms with Crippen LogP contribution in [0.25, 0.3) is 0 Å². The Morgan fingerprint density at radius 2 is 1.90 bits per heavy atom. The summed E-state index contributed by atoms with van der Waals surface area (Å²) < 4.78 is 26.6. The summed E-state index contributed by atoms with van der Waals surface area (Å²) in [6.07, 6.45) is 1.81. The van der Waals surface area contributed by atoms with Crippen molar-refractivity contribution in [3.8, 4) is 0 Å². The summed E-state index contributed by atoms with van der Waals surface area (Å²) in [5.41, 5.74) is 1.70. The fraction of sp³-hybridized carbons (Fsp3) is 0.231. The largest absolute Gasteiger partial charge is 0.265 e. The maximum atomic E-state index is 12.6. The van der Waals surface area contributed by atoms with Crippen LogP contribution in [-0.4, -0.2) is 24.9 Å². The van der Waals surface area contributed by atoms with Crippen LogP contribution >= 0.6 is 11.6 Å². The van der Waals surface area contributed by atoms with Crippen molar-refractivity contribution in [1.82, 2.24) is 9.97 Å². The van der Waals surface area contributed by atoms with Gasteiger partial charge in [-0.1, -0.05) is 29.3 Å². The summed E-state index contributed by atoms with van der Waals surface area (Å²) in [4.78, 5) is 8.20. The lowest BCUT2D eigenvalue weighted by Crippen LogP contribution is -2.29. The quantitative estimate of drug-likeness (QED) is 0.798. The van der Waals surface area contributed by atoms with Crippen LogP contribution in [0.5, 0.6) is 0 Å². The van der Waals surface area contributed by atoms with E-state index in [1.165, 1.54) is 10.6 Å². The van der Waals surface area contributed by atoms with Crippen LogP contribution in [0.1, 0.15) is 11.1 Å². The van der Waals surface area contributed by atoms with Crippen LogP contribution < -0.4 is 4.31 Å². The smallest absolute Gasteiger partial charge is 0.249 e. The van der Waals surface area contributed by atoms with Crippen molar-refractivity contribution in [2.24, 2.45) is 0 Å². The summed E-state index contributed by atoms with van der Waals surface area (Å²) in [7, 11) is -3.60. The molecule has 0 amide bonds. The Morgan fingerprint density at radius 1 is 1.20 bits per heavy atom. The van der Waals surface area contributed by atoms with E-state index < -0.39 is 10.0 Å². The van der Waals surface area contributed by atoms with Crippen LogP contribution in [0.15, 0.2) is 35.5 Å². The zero-order valence-corrected chi connectivity index (χ0v) is 12.3. The molecule has 0 atom stereocenters. The van der Waals surface area contributed by atoms with E-state index in [4.69, 9.17) is 11.6 Å². The number of nitrogens with zero attached hydrogens (tertiary/aromatic N) is 3. The average molecular weight is 310 g/mol. The minimum Gasteiger partial charge on any atom is -0.249 e. The van der Waals surface area contributed by atoms with Crippen molar-refractivity contribution in [3.05, 3.63) is 46.9 Å². The van der Waals surface area contributed by atoms with Gasteiger partial charge in [-0.15, -0.1) is 0 Å². The molecule has 1 aliphatic heterocycles. The summed E-state index contributed by atoms with van der Waals surface area (Å²) in [5, 5.41) is 0.316. The fourth-order valence-corrected chi connectivity index (χ4v) is 3.88. The zero-order valence-electron chi connectivity index (χ0n) is 10.7. The fourth-order valence-electron chi connectivity index (χ4n) is 2.20. The monoisotopic (exact) mass is 309 g/mol. The zero-order chi connectivity index (χ0) is 14.3. The van der Waals surface area contributed by atoms with Gasteiger partial charge in [0, 0.05) is 12.1 Å². The Kier molecular flexibility index (Phi) is 3.14. The van der Waals surface area contributed by atoms with Gasteiger partial charge < -0.3 is 0 Å². The van der Waals surface area contributed by atoms with E-state index in [1.54, 1.807) is 24.3 Å². The molecule has 0 saturated heterocycles. The van der Waals surface area contributed by atoms with Crippen LogP contribution in [-0.2, 0) is 16.4 Å². The number of hydrogen-bond donors (Lipinski definition) is 0. The van der Waals surface area contributed by atoms with Crippen molar-refractivity contribution < 1.29 is 8.42 Å². The van der Waals surface area contributed by atoms with Crippen molar-refractivity contribution in [2.45, 2.75) is 18.2 Å². The molecule has 1 aromatic carbocycles. The molecule has 1 aromatic heterocycles. The number of aryl methyl sites for hydroxylation is 1. The molecule has 0 N–H and O–H groups in total. The van der Waals surface area contributed by atoms with Gasteiger partial charge in [0.05, 0.1) is 4.90 Å². The van der Waals surface area contributed by atoms with E-state index >= 15 is 0 Å². The molecule has 0 fully saturated rings. The van der Waals surface area contributed by atoms with Crippen molar-refractivity contribution in [1.29, 1.82) is 0 Å². The van der Waals surface area contributed by atoms with Crippen LogP contribution in [0, 0.1) is 6.92 Å². The van der Waals surface area contributed by atoms with Crippen molar-refractivity contribution in [3.63, 3.8) is 0 Å². The molecule has 7 heteroatoms. The van der Waals surface area contributed by atoms with Gasteiger partial charge in [0.15, 0.2) is 5.82 Å². The highest BCUT2D eigenvalue weighted by molar-refractivity contribution is 7.92. The summed E-state index contributed by atoms with van der Waals surface area (Å²) in [6, 6.07) is 6.75. The summed E-state index contributed by atoms with van der Waals surface area (Å²) >= 11 is 5.98. The van der Waals surface area contributed by atoms with Gasteiger partial charge in [-0.2, -0.15) is 0 Å². The lowest BCUT2D eigenvalue weighted by Gasteiger charge is -2.18. The third-order valence-corrected chi connectivity index (χ3v) is 5.41. The molecule has 0 bridgehead atoms. The number of halogens is 1. The highest BCUT2D eigenvalue weighted by Gasteiger charge is 2.33. The van der Waals surface area contributed by atoms with Gasteiger partial charge in [0.1, 0.15) is 11.5 Å². The molecule has 0 radical (unpaired) electrons. The molecule has 0 aliphatic carbocycles. The molecule has 3 rings (SSSR count). The summed E-state index contributed by atoms with van der Waals surface area (Å²) in [5.74, 6) is 0.380. The Hall–Kier alpha value is -1.66. The first kappa shape index (κ1) is 13.3. The highest BCUT2D eigenvalue weighted by Crippen LogP contribution is 2.33.